The van der Waals surface area contributed by atoms with Gasteiger partial charge in [-0.25, -0.2) is 9.18 Å². The standard InChI is InChI=1S/C31H32FN3O6/c1-31(2,3)29(19-9-7-6-8-10-19)41-30(37)34-18-28(36)35-20-11-12-25(22(32)15-20)40-24-13-14-33-23-17-27(39-5)26(38-4)16-21(23)24/h6-17,29H,18H2,1-5H3,(H,34,37)(H,35,36). The fourth-order valence-electron chi connectivity index (χ4n) is 4.20. The van der Waals surface area contributed by atoms with Crippen LogP contribution < -0.4 is 24.8 Å². The van der Waals surface area contributed by atoms with Gasteiger partial charge in [0, 0.05) is 34.8 Å². The summed E-state index contributed by atoms with van der Waals surface area (Å²) in [5.41, 5.74) is 1.24. The van der Waals surface area contributed by atoms with Crippen LogP contribution >= 0.6 is 0 Å². The first kappa shape index (κ1) is 29.1. The largest absolute Gasteiger partial charge is 0.493 e. The SMILES string of the molecule is COc1cc2nccc(Oc3ccc(NC(=O)CNC(=O)OC(c4ccccc4)C(C)(C)C)cc3F)c2cc1OC. The van der Waals surface area contributed by atoms with Gasteiger partial charge in [-0.2, -0.15) is 0 Å². The van der Waals surface area contributed by atoms with Crippen molar-refractivity contribution in [3.05, 3.63) is 84.3 Å². The number of pyridine rings is 1. The Morgan fingerprint density at radius 3 is 2.27 bits per heavy atom. The molecule has 1 aromatic heterocycles. The van der Waals surface area contributed by atoms with Crippen molar-refractivity contribution in [3.63, 3.8) is 0 Å². The van der Waals surface area contributed by atoms with E-state index in [0.29, 0.717) is 28.2 Å². The van der Waals surface area contributed by atoms with Gasteiger partial charge in [0.15, 0.2) is 23.1 Å². The molecule has 4 aromatic rings. The number of carbonyl (C=O) groups excluding carboxylic acids is 2. The molecule has 0 aliphatic carbocycles. The van der Waals surface area contributed by atoms with Crippen LogP contribution in [0.1, 0.15) is 32.4 Å². The number of alkyl carbamates (subject to hydrolysis) is 1. The minimum Gasteiger partial charge on any atom is -0.493 e. The molecule has 0 fully saturated rings. The van der Waals surface area contributed by atoms with Crippen molar-refractivity contribution in [3.8, 4) is 23.0 Å². The van der Waals surface area contributed by atoms with E-state index in [1.54, 1.807) is 18.2 Å². The highest BCUT2D eigenvalue weighted by molar-refractivity contribution is 5.94. The molecule has 0 radical (unpaired) electrons. The summed E-state index contributed by atoms with van der Waals surface area (Å²) >= 11 is 0. The zero-order valence-corrected chi connectivity index (χ0v) is 23.5. The fraction of sp³-hybridized carbons (Fsp3) is 0.258. The van der Waals surface area contributed by atoms with Gasteiger partial charge in [0.25, 0.3) is 0 Å². The molecule has 1 heterocycles. The molecule has 0 saturated carbocycles. The van der Waals surface area contributed by atoms with Crippen LogP contribution in [0, 0.1) is 11.2 Å². The molecule has 0 bridgehead atoms. The number of hydrogen-bond donors (Lipinski definition) is 2. The maximum Gasteiger partial charge on any atom is 0.408 e. The molecule has 1 unspecified atom stereocenters. The van der Waals surface area contributed by atoms with Crippen LogP contribution in [-0.2, 0) is 9.53 Å². The summed E-state index contributed by atoms with van der Waals surface area (Å²) in [6, 6.07) is 18.4. The maximum absolute atomic E-state index is 15.0. The van der Waals surface area contributed by atoms with Gasteiger partial charge in [-0.05, 0) is 29.8 Å². The number of methoxy groups -OCH3 is 2. The number of aromatic nitrogens is 1. The predicted octanol–water partition coefficient (Wildman–Crippen LogP) is 6.64. The molecule has 41 heavy (non-hydrogen) atoms. The minimum absolute atomic E-state index is 0.0545. The molecular weight excluding hydrogens is 529 g/mol. The van der Waals surface area contributed by atoms with E-state index in [1.807, 2.05) is 51.1 Å². The Balaban J connectivity index is 1.38. The fourth-order valence-corrected chi connectivity index (χ4v) is 4.20. The van der Waals surface area contributed by atoms with Crippen LogP contribution in [0.5, 0.6) is 23.0 Å². The number of halogens is 1. The Hall–Kier alpha value is -4.86. The lowest BCUT2D eigenvalue weighted by atomic mass is 9.84. The molecule has 0 aliphatic heterocycles. The lowest BCUT2D eigenvalue weighted by Gasteiger charge is -2.30. The highest BCUT2D eigenvalue weighted by Gasteiger charge is 2.30. The molecule has 0 spiro atoms. The third-order valence-corrected chi connectivity index (χ3v) is 6.15. The molecular formula is C31H32FN3O6. The van der Waals surface area contributed by atoms with E-state index < -0.39 is 23.9 Å². The highest BCUT2D eigenvalue weighted by atomic mass is 19.1. The van der Waals surface area contributed by atoms with Crippen molar-refractivity contribution >= 4 is 28.6 Å². The number of carbonyl (C=O) groups is 2. The Bertz CT molecular complexity index is 1540. The summed E-state index contributed by atoms with van der Waals surface area (Å²) in [5.74, 6) is 0.0333. The molecule has 3 aromatic carbocycles. The number of fused-ring (bicyclic) bond motifs is 1. The molecule has 10 heteroatoms. The molecule has 214 valence electrons. The third kappa shape index (κ3) is 7.21. The van der Waals surface area contributed by atoms with Gasteiger partial charge in [0.2, 0.25) is 5.91 Å². The number of ether oxygens (including phenoxy) is 4. The zero-order chi connectivity index (χ0) is 29.6. The predicted molar refractivity (Wildman–Crippen MR) is 153 cm³/mol. The lowest BCUT2D eigenvalue weighted by molar-refractivity contribution is -0.115. The second-order valence-electron chi connectivity index (χ2n) is 10.2. The van der Waals surface area contributed by atoms with E-state index in [0.717, 1.165) is 11.6 Å². The third-order valence-electron chi connectivity index (χ3n) is 6.15. The molecule has 9 nitrogen and oxygen atoms in total. The van der Waals surface area contributed by atoms with Gasteiger partial charge < -0.3 is 29.6 Å². The first-order valence-electron chi connectivity index (χ1n) is 12.9. The second-order valence-corrected chi connectivity index (χ2v) is 10.2. The molecule has 0 aliphatic rings. The van der Waals surface area contributed by atoms with Crippen molar-refractivity contribution < 1.29 is 32.9 Å². The molecule has 4 rings (SSSR count). The monoisotopic (exact) mass is 561 g/mol. The summed E-state index contributed by atoms with van der Waals surface area (Å²) < 4.78 is 37.1. The first-order valence-corrected chi connectivity index (χ1v) is 12.9. The van der Waals surface area contributed by atoms with Crippen molar-refractivity contribution in [2.24, 2.45) is 5.41 Å². The van der Waals surface area contributed by atoms with E-state index >= 15 is 0 Å². The highest BCUT2D eigenvalue weighted by Crippen LogP contribution is 2.38. The average molecular weight is 562 g/mol. The average Bonchev–Trinajstić information content (AvgIpc) is 2.95. The second kappa shape index (κ2) is 12.5. The summed E-state index contributed by atoms with van der Waals surface area (Å²) in [6.07, 6.45) is 0.282. The zero-order valence-electron chi connectivity index (χ0n) is 23.5. The van der Waals surface area contributed by atoms with Crippen LogP contribution in [0.4, 0.5) is 14.9 Å². The summed E-state index contributed by atoms with van der Waals surface area (Å²) in [5, 5.41) is 5.61. The van der Waals surface area contributed by atoms with Gasteiger partial charge in [0.05, 0.1) is 19.7 Å². The van der Waals surface area contributed by atoms with Gasteiger partial charge in [-0.3, -0.25) is 9.78 Å². The van der Waals surface area contributed by atoms with Crippen LogP contribution in [0.3, 0.4) is 0 Å². The Morgan fingerprint density at radius 1 is 0.902 bits per heavy atom. The van der Waals surface area contributed by atoms with Crippen LogP contribution in [0.15, 0.2) is 72.9 Å². The van der Waals surface area contributed by atoms with Crippen molar-refractivity contribution in [2.45, 2.75) is 26.9 Å². The maximum atomic E-state index is 15.0. The Labute approximate surface area is 237 Å². The number of hydrogen-bond acceptors (Lipinski definition) is 7. The number of rotatable bonds is 9. The smallest absolute Gasteiger partial charge is 0.408 e. The first-order chi connectivity index (χ1) is 19.6. The molecule has 1 atom stereocenters. The molecule has 2 N–H and O–H groups in total. The van der Waals surface area contributed by atoms with Gasteiger partial charge in [-0.15, -0.1) is 0 Å². The van der Waals surface area contributed by atoms with E-state index in [9.17, 15) is 14.0 Å². The molecule has 0 saturated heterocycles. The van der Waals surface area contributed by atoms with E-state index in [1.165, 1.54) is 32.5 Å². The van der Waals surface area contributed by atoms with Crippen LogP contribution in [0.2, 0.25) is 0 Å². The number of amides is 2. The van der Waals surface area contributed by atoms with E-state index in [2.05, 4.69) is 15.6 Å². The van der Waals surface area contributed by atoms with Crippen LogP contribution in [-0.4, -0.2) is 37.7 Å². The lowest BCUT2D eigenvalue weighted by Crippen LogP contribution is -2.36. The van der Waals surface area contributed by atoms with E-state index in [4.69, 9.17) is 18.9 Å². The topological polar surface area (TPSA) is 108 Å². The summed E-state index contributed by atoms with van der Waals surface area (Å²) in [6.45, 7) is 5.51. The number of nitrogens with one attached hydrogen (secondary N) is 2. The Morgan fingerprint density at radius 2 is 1.61 bits per heavy atom. The minimum atomic E-state index is -0.738. The number of nitrogens with zero attached hydrogens (tertiary/aromatic N) is 1. The van der Waals surface area contributed by atoms with Crippen molar-refractivity contribution in [2.75, 3.05) is 26.1 Å². The van der Waals surface area contributed by atoms with E-state index in [-0.39, 0.29) is 23.4 Å². The number of benzene rings is 3. The van der Waals surface area contributed by atoms with Gasteiger partial charge >= 0.3 is 6.09 Å². The van der Waals surface area contributed by atoms with Crippen molar-refractivity contribution in [1.29, 1.82) is 0 Å². The van der Waals surface area contributed by atoms with Crippen LogP contribution in [0.25, 0.3) is 10.9 Å². The summed E-state index contributed by atoms with van der Waals surface area (Å²) in [4.78, 5) is 29.2. The summed E-state index contributed by atoms with van der Waals surface area (Å²) in [7, 11) is 3.04. The van der Waals surface area contributed by atoms with Crippen molar-refractivity contribution in [1.82, 2.24) is 10.3 Å². The number of anilines is 1. The molecule has 2 amide bonds. The van der Waals surface area contributed by atoms with Gasteiger partial charge in [-0.1, -0.05) is 51.1 Å². The Kier molecular flexibility index (Phi) is 8.91. The normalized spacial score (nSPS) is 11.9. The quantitative estimate of drug-likeness (QED) is 0.236. The van der Waals surface area contributed by atoms with Gasteiger partial charge in [0.1, 0.15) is 18.4 Å².